The minimum absolute atomic E-state index is 0.330. The van der Waals surface area contributed by atoms with Gasteiger partial charge in [0.15, 0.2) is 0 Å². The number of rotatable bonds is 3. The maximum Gasteiger partial charge on any atom is 0.573 e. The van der Waals surface area contributed by atoms with Gasteiger partial charge < -0.3 is 9.64 Å². The molecule has 4 rings (SSSR count). The zero-order valence-electron chi connectivity index (χ0n) is 15.4. The number of anilines is 1. The first kappa shape index (κ1) is 19.5. The lowest BCUT2D eigenvalue weighted by atomic mass is 9.85. The molecule has 1 aromatic carbocycles. The van der Waals surface area contributed by atoms with Gasteiger partial charge in [-0.3, -0.25) is 19.3 Å². The summed E-state index contributed by atoms with van der Waals surface area (Å²) < 4.78 is 41.3. The molecule has 0 spiro atoms. The monoisotopic (exact) mass is 408 g/mol. The Bertz CT molecular complexity index is 870. The van der Waals surface area contributed by atoms with E-state index >= 15 is 0 Å². The average molecular weight is 408 g/mol. The normalized spacial score (nSPS) is 23.8. The van der Waals surface area contributed by atoms with Gasteiger partial charge in [0, 0.05) is 12.2 Å². The highest BCUT2D eigenvalue weighted by Crippen LogP contribution is 2.36. The Morgan fingerprint density at radius 3 is 2.38 bits per heavy atom. The molecule has 2 heterocycles. The molecule has 2 aliphatic heterocycles. The Kier molecular flexibility index (Phi) is 4.84. The SMILES string of the molecule is O=C1[C@H]2CC=CC[C@@H]2C(=O)N1CC(=O)N1CCCc2cc(OC(F)(F)F)ccc21. The minimum atomic E-state index is -4.79. The second-order valence-corrected chi connectivity index (χ2v) is 7.41. The van der Waals surface area contributed by atoms with E-state index in [1.54, 1.807) is 0 Å². The summed E-state index contributed by atoms with van der Waals surface area (Å²) >= 11 is 0. The van der Waals surface area contributed by atoms with Crippen molar-refractivity contribution in [1.29, 1.82) is 0 Å². The molecule has 3 aliphatic rings. The van der Waals surface area contributed by atoms with Crippen molar-refractivity contribution >= 4 is 23.4 Å². The Balaban J connectivity index is 1.51. The molecule has 1 fully saturated rings. The largest absolute Gasteiger partial charge is 0.573 e. The van der Waals surface area contributed by atoms with E-state index in [9.17, 15) is 27.6 Å². The van der Waals surface area contributed by atoms with E-state index < -0.39 is 24.1 Å². The Morgan fingerprint density at radius 2 is 1.76 bits per heavy atom. The number of amides is 3. The van der Waals surface area contributed by atoms with Crippen molar-refractivity contribution in [2.45, 2.75) is 32.0 Å². The van der Waals surface area contributed by atoms with Crippen molar-refractivity contribution < 1.29 is 32.3 Å². The zero-order chi connectivity index (χ0) is 20.8. The minimum Gasteiger partial charge on any atom is -0.406 e. The number of carbonyl (C=O) groups is 3. The number of benzene rings is 1. The fraction of sp³-hybridized carbons (Fsp3) is 0.450. The fourth-order valence-corrected chi connectivity index (χ4v) is 4.28. The van der Waals surface area contributed by atoms with Gasteiger partial charge in [-0.1, -0.05) is 12.2 Å². The molecule has 9 heteroatoms. The van der Waals surface area contributed by atoms with Crippen LogP contribution in [0.15, 0.2) is 30.4 Å². The fourth-order valence-electron chi connectivity index (χ4n) is 4.28. The van der Waals surface area contributed by atoms with Crippen molar-refractivity contribution in [1.82, 2.24) is 4.90 Å². The van der Waals surface area contributed by atoms with Gasteiger partial charge >= 0.3 is 6.36 Å². The molecule has 1 aromatic rings. The van der Waals surface area contributed by atoms with Gasteiger partial charge in [0.05, 0.1) is 11.8 Å². The van der Waals surface area contributed by atoms with Crippen LogP contribution in [0.5, 0.6) is 5.75 Å². The summed E-state index contributed by atoms with van der Waals surface area (Å²) in [7, 11) is 0. The molecule has 154 valence electrons. The predicted molar refractivity (Wildman–Crippen MR) is 95.9 cm³/mol. The van der Waals surface area contributed by atoms with Gasteiger partial charge in [0.25, 0.3) is 0 Å². The van der Waals surface area contributed by atoms with Crippen LogP contribution in [0.1, 0.15) is 24.8 Å². The molecule has 0 unspecified atom stereocenters. The average Bonchev–Trinajstić information content (AvgIpc) is 2.91. The molecule has 2 atom stereocenters. The third-order valence-corrected chi connectivity index (χ3v) is 5.60. The number of imide groups is 1. The van der Waals surface area contributed by atoms with Gasteiger partial charge in [-0.2, -0.15) is 0 Å². The summed E-state index contributed by atoms with van der Waals surface area (Å²) in [5.74, 6) is -2.24. The molecule has 0 saturated carbocycles. The van der Waals surface area contributed by atoms with Crippen LogP contribution in [-0.4, -0.2) is 42.1 Å². The lowest BCUT2D eigenvalue weighted by molar-refractivity contribution is -0.274. The third kappa shape index (κ3) is 3.73. The van der Waals surface area contributed by atoms with Crippen LogP contribution in [0.3, 0.4) is 0 Å². The number of fused-ring (bicyclic) bond motifs is 2. The molecule has 6 nitrogen and oxygen atoms in total. The van der Waals surface area contributed by atoms with Crippen LogP contribution in [0.2, 0.25) is 0 Å². The third-order valence-electron chi connectivity index (χ3n) is 5.60. The van der Waals surface area contributed by atoms with Gasteiger partial charge in [-0.15, -0.1) is 13.2 Å². The maximum absolute atomic E-state index is 12.9. The molecular weight excluding hydrogens is 389 g/mol. The highest BCUT2D eigenvalue weighted by atomic mass is 19.4. The number of nitrogens with zero attached hydrogens (tertiary/aromatic N) is 2. The van der Waals surface area contributed by atoms with E-state index in [0.717, 1.165) is 11.0 Å². The summed E-state index contributed by atoms with van der Waals surface area (Å²) in [6.45, 7) is 0.0147. The number of allylic oxidation sites excluding steroid dienone is 2. The molecule has 1 aliphatic carbocycles. The number of ether oxygens (including phenoxy) is 1. The van der Waals surface area contributed by atoms with Crippen LogP contribution in [0.4, 0.5) is 18.9 Å². The number of carbonyl (C=O) groups excluding carboxylic acids is 3. The van der Waals surface area contributed by atoms with Gasteiger partial charge in [0.2, 0.25) is 17.7 Å². The van der Waals surface area contributed by atoms with Crippen molar-refractivity contribution in [2.24, 2.45) is 11.8 Å². The molecule has 1 saturated heterocycles. The van der Waals surface area contributed by atoms with Gasteiger partial charge in [0.1, 0.15) is 12.3 Å². The number of aryl methyl sites for hydroxylation is 1. The summed E-state index contributed by atoms with van der Waals surface area (Å²) in [4.78, 5) is 40.5. The highest BCUT2D eigenvalue weighted by Gasteiger charge is 2.48. The molecular formula is C20H19F3N2O4. The second kappa shape index (κ2) is 7.20. The first-order chi connectivity index (χ1) is 13.7. The van der Waals surface area contributed by atoms with Crippen LogP contribution in [-0.2, 0) is 20.8 Å². The van der Waals surface area contributed by atoms with E-state index in [-0.39, 0.29) is 24.1 Å². The Labute approximate surface area is 164 Å². The highest BCUT2D eigenvalue weighted by molar-refractivity contribution is 6.09. The van der Waals surface area contributed by atoms with E-state index in [1.165, 1.54) is 17.0 Å². The van der Waals surface area contributed by atoms with Crippen LogP contribution in [0.25, 0.3) is 0 Å². The quantitative estimate of drug-likeness (QED) is 0.570. The van der Waals surface area contributed by atoms with Crippen LogP contribution < -0.4 is 9.64 Å². The first-order valence-electron chi connectivity index (χ1n) is 9.44. The smallest absolute Gasteiger partial charge is 0.406 e. The first-order valence-corrected chi connectivity index (χ1v) is 9.44. The zero-order valence-corrected chi connectivity index (χ0v) is 15.4. The number of hydrogen-bond donors (Lipinski definition) is 0. The standard InChI is InChI=1S/C20H19F3N2O4/c21-20(22,23)29-13-7-8-16-12(10-13)4-3-9-24(16)17(26)11-25-18(27)14-5-1-2-6-15(14)19(25)28/h1-2,7-8,10,14-15H,3-6,9,11H2/t14-,15-/m0/s1. The lowest BCUT2D eigenvalue weighted by Gasteiger charge is -2.31. The predicted octanol–water partition coefficient (Wildman–Crippen LogP) is 2.82. The second-order valence-electron chi connectivity index (χ2n) is 7.41. The summed E-state index contributed by atoms with van der Waals surface area (Å²) in [6.07, 6.45) is 1.01. The van der Waals surface area contributed by atoms with E-state index in [1.807, 2.05) is 12.2 Å². The number of alkyl halides is 3. The Morgan fingerprint density at radius 1 is 1.10 bits per heavy atom. The lowest BCUT2D eigenvalue weighted by Crippen LogP contribution is -2.45. The number of hydrogen-bond acceptors (Lipinski definition) is 4. The topological polar surface area (TPSA) is 66.9 Å². The van der Waals surface area contributed by atoms with E-state index in [2.05, 4.69) is 4.74 Å². The molecule has 29 heavy (non-hydrogen) atoms. The molecule has 3 amide bonds. The van der Waals surface area contributed by atoms with E-state index in [0.29, 0.717) is 43.5 Å². The van der Waals surface area contributed by atoms with Crippen LogP contribution >= 0.6 is 0 Å². The van der Waals surface area contributed by atoms with Crippen molar-refractivity contribution in [3.05, 3.63) is 35.9 Å². The maximum atomic E-state index is 12.9. The van der Waals surface area contributed by atoms with Crippen molar-refractivity contribution in [3.8, 4) is 5.75 Å². The summed E-state index contributed by atoms with van der Waals surface area (Å²) in [5, 5.41) is 0. The summed E-state index contributed by atoms with van der Waals surface area (Å²) in [5.41, 5.74) is 1.04. The summed E-state index contributed by atoms with van der Waals surface area (Å²) in [6, 6.07) is 3.84. The molecule has 0 radical (unpaired) electrons. The van der Waals surface area contributed by atoms with Gasteiger partial charge in [-0.05, 0) is 49.4 Å². The van der Waals surface area contributed by atoms with E-state index in [4.69, 9.17) is 0 Å². The molecule has 0 aromatic heterocycles. The van der Waals surface area contributed by atoms with Crippen LogP contribution in [0, 0.1) is 11.8 Å². The number of likely N-dealkylation sites (tertiary alicyclic amines) is 1. The molecule has 0 N–H and O–H groups in total. The molecule has 0 bridgehead atoms. The van der Waals surface area contributed by atoms with Crippen molar-refractivity contribution in [3.63, 3.8) is 0 Å². The van der Waals surface area contributed by atoms with Crippen molar-refractivity contribution in [2.75, 3.05) is 18.0 Å². The van der Waals surface area contributed by atoms with Gasteiger partial charge in [-0.25, -0.2) is 0 Å². The number of halogens is 3. The Hall–Kier alpha value is -2.84.